The quantitative estimate of drug-likeness (QED) is 0.753. The zero-order valence-electron chi connectivity index (χ0n) is 15.2. The lowest BCUT2D eigenvalue weighted by Crippen LogP contribution is -2.27. The van der Waals surface area contributed by atoms with E-state index in [4.69, 9.17) is 4.98 Å². The van der Waals surface area contributed by atoms with Gasteiger partial charge < -0.3 is 10.2 Å². The minimum atomic E-state index is 0.323. The van der Waals surface area contributed by atoms with Crippen LogP contribution in [0.5, 0.6) is 0 Å². The Morgan fingerprint density at radius 3 is 2.62 bits per heavy atom. The fourth-order valence-corrected chi connectivity index (χ4v) is 3.47. The van der Waals surface area contributed by atoms with Gasteiger partial charge in [-0.2, -0.15) is 4.98 Å². The molecule has 5 nitrogen and oxygen atoms in total. The zero-order valence-corrected chi connectivity index (χ0v) is 15.2. The van der Waals surface area contributed by atoms with E-state index in [1.54, 1.807) is 0 Å². The second-order valence-corrected chi connectivity index (χ2v) is 6.65. The highest BCUT2D eigenvalue weighted by atomic mass is 15.4. The van der Waals surface area contributed by atoms with Gasteiger partial charge in [-0.05, 0) is 37.0 Å². The first-order chi connectivity index (χ1) is 12.8. The summed E-state index contributed by atoms with van der Waals surface area (Å²) in [5, 5.41) is 12.3. The van der Waals surface area contributed by atoms with Crippen LogP contribution >= 0.6 is 0 Å². The highest BCUT2D eigenvalue weighted by Crippen LogP contribution is 2.36. The third-order valence-corrected chi connectivity index (χ3v) is 4.81. The molecule has 1 unspecified atom stereocenters. The normalized spacial score (nSPS) is 15.8. The Balaban J connectivity index is 1.64. The monoisotopic (exact) mass is 345 g/mol. The lowest BCUT2D eigenvalue weighted by Gasteiger charge is -2.23. The molecule has 1 aliphatic heterocycles. The van der Waals surface area contributed by atoms with Gasteiger partial charge in [-0.15, -0.1) is 10.2 Å². The van der Waals surface area contributed by atoms with Gasteiger partial charge in [-0.3, -0.25) is 0 Å². The highest BCUT2D eigenvalue weighted by Gasteiger charge is 2.29. The maximum Gasteiger partial charge on any atom is 0.252 e. The van der Waals surface area contributed by atoms with E-state index in [-0.39, 0.29) is 0 Å². The summed E-state index contributed by atoms with van der Waals surface area (Å²) >= 11 is 0. The topological polar surface area (TPSA) is 53.9 Å². The second kappa shape index (κ2) is 7.12. The van der Waals surface area contributed by atoms with Crippen molar-refractivity contribution < 1.29 is 0 Å². The van der Waals surface area contributed by atoms with Crippen molar-refractivity contribution in [3.8, 4) is 0 Å². The third kappa shape index (κ3) is 3.12. The van der Waals surface area contributed by atoms with Crippen LogP contribution in [0.1, 0.15) is 30.7 Å². The maximum atomic E-state index is 4.83. The number of anilines is 3. The lowest BCUT2D eigenvalue weighted by molar-refractivity contribution is 0.724. The summed E-state index contributed by atoms with van der Waals surface area (Å²) in [4.78, 5) is 7.02. The number of aromatic nitrogens is 3. The molecular weight excluding hydrogens is 322 g/mol. The van der Waals surface area contributed by atoms with Crippen LogP contribution in [0.15, 0.2) is 54.6 Å². The van der Waals surface area contributed by atoms with E-state index in [1.165, 1.54) is 16.8 Å². The van der Waals surface area contributed by atoms with E-state index in [0.717, 1.165) is 30.9 Å². The van der Waals surface area contributed by atoms with Gasteiger partial charge in [-0.25, -0.2) is 0 Å². The Morgan fingerprint density at radius 1 is 1.04 bits per heavy atom. The number of fused-ring (bicyclic) bond motifs is 1. The molecule has 0 bridgehead atoms. The average molecular weight is 345 g/mol. The van der Waals surface area contributed by atoms with Crippen LogP contribution in [0.4, 0.5) is 17.5 Å². The predicted octanol–water partition coefficient (Wildman–Crippen LogP) is 4.13. The fourth-order valence-electron chi connectivity index (χ4n) is 3.47. The second-order valence-electron chi connectivity index (χ2n) is 6.65. The standard InChI is InChI=1S/C21H23N5/c1-3-18-20(22-14-16-9-5-4-6-10-16)23-21(25-24-18)26-15(2)13-17-11-7-8-12-19(17)26/h4-12,15H,3,13-14H2,1-2H3,(H,22,23,25). The smallest absolute Gasteiger partial charge is 0.252 e. The van der Waals surface area contributed by atoms with E-state index in [2.05, 4.69) is 70.7 Å². The molecule has 0 radical (unpaired) electrons. The van der Waals surface area contributed by atoms with Crippen LogP contribution in [0, 0.1) is 0 Å². The maximum absolute atomic E-state index is 4.83. The first kappa shape index (κ1) is 16.5. The minimum absolute atomic E-state index is 0.323. The minimum Gasteiger partial charge on any atom is -0.364 e. The van der Waals surface area contributed by atoms with Crippen molar-refractivity contribution in [3.63, 3.8) is 0 Å². The van der Waals surface area contributed by atoms with Gasteiger partial charge in [0.1, 0.15) is 5.69 Å². The molecule has 1 N–H and O–H groups in total. The van der Waals surface area contributed by atoms with Crippen molar-refractivity contribution in [3.05, 3.63) is 71.4 Å². The molecular formula is C21H23N5. The molecule has 0 amide bonds. The Hall–Kier alpha value is -2.95. The number of hydrogen-bond acceptors (Lipinski definition) is 5. The van der Waals surface area contributed by atoms with Crippen molar-refractivity contribution in [2.45, 2.75) is 39.3 Å². The molecule has 2 heterocycles. The van der Waals surface area contributed by atoms with Crippen LogP contribution in [-0.4, -0.2) is 21.2 Å². The van der Waals surface area contributed by atoms with Crippen molar-refractivity contribution in [1.29, 1.82) is 0 Å². The molecule has 4 rings (SSSR count). The van der Waals surface area contributed by atoms with Gasteiger partial charge in [0.25, 0.3) is 5.95 Å². The number of aryl methyl sites for hydroxylation is 1. The molecule has 0 spiro atoms. The Labute approximate surface area is 154 Å². The number of nitrogens with zero attached hydrogens (tertiary/aromatic N) is 4. The molecule has 132 valence electrons. The molecule has 0 saturated carbocycles. The number of nitrogens with one attached hydrogen (secondary N) is 1. The summed E-state index contributed by atoms with van der Waals surface area (Å²) in [6.07, 6.45) is 1.80. The van der Waals surface area contributed by atoms with Gasteiger partial charge in [-0.1, -0.05) is 55.5 Å². The number of para-hydroxylation sites is 1. The van der Waals surface area contributed by atoms with Gasteiger partial charge >= 0.3 is 0 Å². The van der Waals surface area contributed by atoms with E-state index in [9.17, 15) is 0 Å². The molecule has 5 heteroatoms. The lowest BCUT2D eigenvalue weighted by atomic mass is 10.1. The third-order valence-electron chi connectivity index (χ3n) is 4.81. The van der Waals surface area contributed by atoms with E-state index >= 15 is 0 Å². The summed E-state index contributed by atoms with van der Waals surface area (Å²) in [6.45, 7) is 5.00. The summed E-state index contributed by atoms with van der Waals surface area (Å²) in [5.74, 6) is 1.48. The summed E-state index contributed by atoms with van der Waals surface area (Å²) < 4.78 is 0. The summed E-state index contributed by atoms with van der Waals surface area (Å²) in [5.41, 5.74) is 4.63. The predicted molar refractivity (Wildman–Crippen MR) is 105 cm³/mol. The molecule has 0 fully saturated rings. The average Bonchev–Trinajstić information content (AvgIpc) is 3.02. The van der Waals surface area contributed by atoms with Crippen molar-refractivity contribution in [1.82, 2.24) is 15.2 Å². The summed E-state index contributed by atoms with van der Waals surface area (Å²) in [6, 6.07) is 19.1. The first-order valence-electron chi connectivity index (χ1n) is 9.14. The molecule has 2 aromatic carbocycles. The van der Waals surface area contributed by atoms with Crippen molar-refractivity contribution >= 4 is 17.5 Å². The fraction of sp³-hybridized carbons (Fsp3) is 0.286. The Bertz CT molecular complexity index is 894. The SMILES string of the molecule is CCc1nnc(N2c3ccccc3CC2C)nc1NCc1ccccc1. The summed E-state index contributed by atoms with van der Waals surface area (Å²) in [7, 11) is 0. The number of rotatable bonds is 5. The van der Waals surface area contributed by atoms with E-state index in [1.807, 2.05) is 18.2 Å². The van der Waals surface area contributed by atoms with Gasteiger partial charge in [0.05, 0.1) is 0 Å². The van der Waals surface area contributed by atoms with Crippen LogP contribution in [0.3, 0.4) is 0 Å². The van der Waals surface area contributed by atoms with Gasteiger partial charge in [0.15, 0.2) is 5.82 Å². The van der Waals surface area contributed by atoms with Crippen LogP contribution in [-0.2, 0) is 19.4 Å². The van der Waals surface area contributed by atoms with Crippen molar-refractivity contribution in [2.75, 3.05) is 10.2 Å². The van der Waals surface area contributed by atoms with Gasteiger partial charge in [0, 0.05) is 18.3 Å². The zero-order chi connectivity index (χ0) is 17.9. The Morgan fingerprint density at radius 2 is 1.81 bits per heavy atom. The molecule has 0 aliphatic carbocycles. The molecule has 26 heavy (non-hydrogen) atoms. The van der Waals surface area contributed by atoms with Crippen LogP contribution < -0.4 is 10.2 Å². The van der Waals surface area contributed by atoms with E-state index in [0.29, 0.717) is 12.0 Å². The number of benzene rings is 2. The van der Waals surface area contributed by atoms with Gasteiger partial charge in [0.2, 0.25) is 0 Å². The highest BCUT2D eigenvalue weighted by molar-refractivity contribution is 5.67. The van der Waals surface area contributed by atoms with Crippen LogP contribution in [0.2, 0.25) is 0 Å². The molecule has 1 aliphatic rings. The Kier molecular flexibility index (Phi) is 4.52. The first-order valence-corrected chi connectivity index (χ1v) is 9.14. The molecule has 3 aromatic rings. The molecule has 0 saturated heterocycles. The largest absolute Gasteiger partial charge is 0.364 e. The number of hydrogen-bond donors (Lipinski definition) is 1. The molecule has 1 atom stereocenters. The van der Waals surface area contributed by atoms with E-state index < -0.39 is 0 Å². The molecule has 1 aromatic heterocycles. The van der Waals surface area contributed by atoms with Crippen molar-refractivity contribution in [2.24, 2.45) is 0 Å². The van der Waals surface area contributed by atoms with Crippen LogP contribution in [0.25, 0.3) is 0 Å².